The molecule has 2 aromatic carbocycles. The molecule has 25 heavy (non-hydrogen) atoms. The van der Waals surface area contributed by atoms with Gasteiger partial charge in [-0.25, -0.2) is 0 Å². The second-order valence-corrected chi connectivity index (χ2v) is 6.34. The lowest BCUT2D eigenvalue weighted by atomic mass is 10.1. The van der Waals surface area contributed by atoms with Gasteiger partial charge in [0.05, 0.1) is 6.20 Å². The molecule has 3 aromatic rings. The molecule has 0 saturated heterocycles. The molecule has 2 N–H and O–H groups in total. The van der Waals surface area contributed by atoms with Crippen molar-refractivity contribution in [3.8, 4) is 0 Å². The van der Waals surface area contributed by atoms with Crippen molar-refractivity contribution < 1.29 is 0 Å². The molecule has 0 amide bonds. The van der Waals surface area contributed by atoms with E-state index in [1.165, 1.54) is 5.56 Å². The molecule has 0 atom stereocenters. The number of aryl methyl sites for hydroxylation is 1. The fourth-order valence-electron chi connectivity index (χ4n) is 2.35. The molecular formula is C18H17Cl2N5. The van der Waals surface area contributed by atoms with Crippen LogP contribution in [0.15, 0.2) is 54.7 Å². The lowest BCUT2D eigenvalue weighted by molar-refractivity contribution is 0.843. The van der Waals surface area contributed by atoms with Crippen LogP contribution in [0.1, 0.15) is 12.0 Å². The lowest BCUT2D eigenvalue weighted by Gasteiger charge is -2.08. The molecule has 128 valence electrons. The van der Waals surface area contributed by atoms with Crippen molar-refractivity contribution in [1.82, 2.24) is 15.2 Å². The largest absolute Gasteiger partial charge is 0.353 e. The molecule has 0 spiro atoms. The predicted molar refractivity (Wildman–Crippen MR) is 103 cm³/mol. The first-order valence-electron chi connectivity index (χ1n) is 7.90. The maximum Gasteiger partial charge on any atom is 0.244 e. The molecule has 0 aliphatic rings. The second-order valence-electron chi connectivity index (χ2n) is 5.46. The quantitative estimate of drug-likeness (QED) is 0.572. The van der Waals surface area contributed by atoms with E-state index < -0.39 is 0 Å². The Morgan fingerprint density at radius 3 is 2.48 bits per heavy atom. The fraction of sp³-hybridized carbons (Fsp3) is 0.167. The summed E-state index contributed by atoms with van der Waals surface area (Å²) in [6.07, 6.45) is 3.53. The van der Waals surface area contributed by atoms with Crippen molar-refractivity contribution in [2.24, 2.45) is 0 Å². The highest BCUT2D eigenvalue weighted by atomic mass is 35.5. The van der Waals surface area contributed by atoms with Crippen LogP contribution in [0.4, 0.5) is 17.5 Å². The minimum Gasteiger partial charge on any atom is -0.353 e. The van der Waals surface area contributed by atoms with Gasteiger partial charge in [-0.3, -0.25) is 0 Å². The molecule has 1 heterocycles. The lowest BCUT2D eigenvalue weighted by Crippen LogP contribution is -2.08. The van der Waals surface area contributed by atoms with Gasteiger partial charge >= 0.3 is 0 Å². The summed E-state index contributed by atoms with van der Waals surface area (Å²) >= 11 is 12.0. The van der Waals surface area contributed by atoms with E-state index in [1.54, 1.807) is 24.4 Å². The van der Waals surface area contributed by atoms with E-state index in [9.17, 15) is 0 Å². The van der Waals surface area contributed by atoms with Crippen LogP contribution in [0, 0.1) is 0 Å². The number of nitrogens with zero attached hydrogens (tertiary/aromatic N) is 3. The molecule has 3 rings (SSSR count). The number of aromatic nitrogens is 3. The Balaban J connectivity index is 1.54. The Bertz CT molecular complexity index is 806. The van der Waals surface area contributed by atoms with Gasteiger partial charge in [0, 0.05) is 22.3 Å². The fourth-order valence-corrected chi connectivity index (χ4v) is 2.88. The number of hydrogen-bond donors (Lipinski definition) is 2. The molecule has 0 fully saturated rings. The highest BCUT2D eigenvalue weighted by molar-refractivity contribution is 6.35. The summed E-state index contributed by atoms with van der Waals surface area (Å²) in [6, 6.07) is 15.6. The topological polar surface area (TPSA) is 62.7 Å². The zero-order valence-corrected chi connectivity index (χ0v) is 14.9. The summed E-state index contributed by atoms with van der Waals surface area (Å²) in [7, 11) is 0. The highest BCUT2D eigenvalue weighted by Crippen LogP contribution is 2.24. The van der Waals surface area contributed by atoms with E-state index in [2.05, 4.69) is 37.9 Å². The van der Waals surface area contributed by atoms with Crippen LogP contribution >= 0.6 is 23.2 Å². The minimum atomic E-state index is 0.478. The van der Waals surface area contributed by atoms with Gasteiger partial charge in [-0.2, -0.15) is 10.1 Å². The van der Waals surface area contributed by atoms with E-state index in [4.69, 9.17) is 23.2 Å². The molecular weight excluding hydrogens is 357 g/mol. The number of nitrogens with one attached hydrogen (secondary N) is 2. The zero-order valence-electron chi connectivity index (χ0n) is 13.4. The summed E-state index contributed by atoms with van der Waals surface area (Å²) in [4.78, 5) is 4.39. The summed E-state index contributed by atoms with van der Waals surface area (Å²) in [6.45, 7) is 0.767. The monoisotopic (exact) mass is 373 g/mol. The van der Waals surface area contributed by atoms with E-state index in [1.807, 2.05) is 18.2 Å². The third-order valence-corrected chi connectivity index (χ3v) is 3.90. The smallest absolute Gasteiger partial charge is 0.244 e. The predicted octanol–water partition coefficient (Wildman–Crippen LogP) is 4.97. The molecule has 0 aliphatic heterocycles. The van der Waals surface area contributed by atoms with Crippen LogP contribution in [0.2, 0.25) is 10.0 Å². The van der Waals surface area contributed by atoms with Crippen LogP contribution in [0.3, 0.4) is 0 Å². The molecule has 0 aliphatic carbocycles. The first-order chi connectivity index (χ1) is 12.2. The van der Waals surface area contributed by atoms with Crippen molar-refractivity contribution in [2.45, 2.75) is 12.8 Å². The molecule has 5 nitrogen and oxygen atoms in total. The van der Waals surface area contributed by atoms with Gasteiger partial charge < -0.3 is 10.6 Å². The summed E-state index contributed by atoms with van der Waals surface area (Å²) in [5.74, 6) is 1.05. The Hall–Kier alpha value is -2.37. The maximum atomic E-state index is 6.00. The minimum absolute atomic E-state index is 0.478. The van der Waals surface area contributed by atoms with Gasteiger partial charge in [-0.1, -0.05) is 53.5 Å². The molecule has 7 heteroatoms. The van der Waals surface area contributed by atoms with E-state index in [-0.39, 0.29) is 0 Å². The van der Waals surface area contributed by atoms with Gasteiger partial charge in [0.15, 0.2) is 5.82 Å². The Labute approximate surface area is 156 Å². The van der Waals surface area contributed by atoms with Crippen molar-refractivity contribution in [2.75, 3.05) is 17.2 Å². The van der Waals surface area contributed by atoms with Crippen molar-refractivity contribution in [3.05, 3.63) is 70.3 Å². The molecule has 1 aromatic heterocycles. The maximum absolute atomic E-state index is 6.00. The van der Waals surface area contributed by atoms with Crippen molar-refractivity contribution in [1.29, 1.82) is 0 Å². The van der Waals surface area contributed by atoms with Crippen molar-refractivity contribution in [3.63, 3.8) is 0 Å². The number of halogens is 2. The summed E-state index contributed by atoms with van der Waals surface area (Å²) in [5, 5.41) is 15.4. The number of benzene rings is 2. The Morgan fingerprint density at radius 1 is 0.960 bits per heavy atom. The van der Waals surface area contributed by atoms with Gasteiger partial charge in [0.2, 0.25) is 5.95 Å². The molecule has 0 unspecified atom stereocenters. The molecule has 0 radical (unpaired) electrons. The summed E-state index contributed by atoms with van der Waals surface area (Å²) in [5.41, 5.74) is 2.06. The van der Waals surface area contributed by atoms with E-state index >= 15 is 0 Å². The van der Waals surface area contributed by atoms with E-state index in [0.717, 1.165) is 25.1 Å². The SMILES string of the molecule is Clc1cc(Cl)cc(Nc2cnnc(NCCCc3ccccc3)n2)c1. The van der Waals surface area contributed by atoms with Crippen LogP contribution in [-0.2, 0) is 6.42 Å². The second kappa shape index (κ2) is 8.65. The third kappa shape index (κ3) is 5.59. The van der Waals surface area contributed by atoms with Gasteiger partial charge in [0.1, 0.15) is 0 Å². The van der Waals surface area contributed by atoms with Crippen LogP contribution < -0.4 is 10.6 Å². The first kappa shape index (κ1) is 17.5. The average molecular weight is 374 g/mol. The van der Waals surface area contributed by atoms with Crippen LogP contribution in [0.5, 0.6) is 0 Å². The zero-order chi connectivity index (χ0) is 17.5. The number of hydrogen-bond acceptors (Lipinski definition) is 5. The summed E-state index contributed by atoms with van der Waals surface area (Å²) < 4.78 is 0. The molecule has 0 bridgehead atoms. The number of rotatable bonds is 7. The number of anilines is 3. The third-order valence-electron chi connectivity index (χ3n) is 3.46. The standard InChI is InChI=1S/C18H17Cl2N5/c19-14-9-15(20)11-16(10-14)23-17-12-22-25-18(24-17)21-8-4-7-13-5-2-1-3-6-13/h1-3,5-6,9-12H,4,7-8H2,(H2,21,23,24,25). The highest BCUT2D eigenvalue weighted by Gasteiger charge is 2.03. The normalized spacial score (nSPS) is 10.5. The van der Waals surface area contributed by atoms with Gasteiger partial charge in [-0.05, 0) is 36.6 Å². The Morgan fingerprint density at radius 2 is 1.72 bits per heavy atom. The average Bonchev–Trinajstić information content (AvgIpc) is 2.59. The van der Waals surface area contributed by atoms with Gasteiger partial charge in [-0.15, -0.1) is 5.10 Å². The van der Waals surface area contributed by atoms with Crippen LogP contribution in [0.25, 0.3) is 0 Å². The molecule has 0 saturated carbocycles. The van der Waals surface area contributed by atoms with E-state index in [0.29, 0.717) is 21.8 Å². The van der Waals surface area contributed by atoms with Gasteiger partial charge in [0.25, 0.3) is 0 Å². The van der Waals surface area contributed by atoms with Crippen molar-refractivity contribution >= 4 is 40.7 Å². The Kier molecular flexibility index (Phi) is 6.04. The first-order valence-corrected chi connectivity index (χ1v) is 8.65. The van der Waals surface area contributed by atoms with Crippen LogP contribution in [-0.4, -0.2) is 21.7 Å².